The van der Waals surface area contributed by atoms with Crippen molar-refractivity contribution in [2.45, 2.75) is 58.5 Å². The van der Waals surface area contributed by atoms with Crippen LogP contribution in [0.4, 0.5) is 0 Å². The highest BCUT2D eigenvalue weighted by molar-refractivity contribution is 4.91. The van der Waals surface area contributed by atoms with Gasteiger partial charge in [0.15, 0.2) is 0 Å². The van der Waals surface area contributed by atoms with Gasteiger partial charge in [0.2, 0.25) is 0 Å². The first-order chi connectivity index (χ1) is 8.68. The van der Waals surface area contributed by atoms with E-state index in [0.717, 1.165) is 19.8 Å². The summed E-state index contributed by atoms with van der Waals surface area (Å²) in [5.74, 6) is 0. The fraction of sp³-hybridized carbons (Fsp3) is 1.00. The van der Waals surface area contributed by atoms with Crippen molar-refractivity contribution >= 4 is 0 Å². The highest BCUT2D eigenvalue weighted by Crippen LogP contribution is 2.35. The van der Waals surface area contributed by atoms with Crippen molar-refractivity contribution in [1.29, 1.82) is 0 Å². The lowest BCUT2D eigenvalue weighted by Crippen LogP contribution is -2.57. The van der Waals surface area contributed by atoms with Crippen LogP contribution in [0.25, 0.3) is 0 Å². The Morgan fingerprint density at radius 1 is 1.28 bits per heavy atom. The van der Waals surface area contributed by atoms with Gasteiger partial charge in [-0.25, -0.2) is 0 Å². The summed E-state index contributed by atoms with van der Waals surface area (Å²) in [6.45, 7) is 12.4. The smallest absolute Gasteiger partial charge is 0.0637 e. The zero-order chi connectivity index (χ0) is 13.0. The first-order valence-electron chi connectivity index (χ1n) is 7.73. The molecule has 0 amide bonds. The van der Waals surface area contributed by atoms with Crippen molar-refractivity contribution in [1.82, 2.24) is 10.2 Å². The number of rotatable bonds is 4. The summed E-state index contributed by atoms with van der Waals surface area (Å²) < 4.78 is 5.71. The molecule has 18 heavy (non-hydrogen) atoms. The number of nitrogens with one attached hydrogen (secondary N) is 1. The molecule has 0 saturated carbocycles. The van der Waals surface area contributed by atoms with Crippen molar-refractivity contribution in [3.8, 4) is 0 Å². The molecule has 2 heterocycles. The van der Waals surface area contributed by atoms with E-state index in [1.54, 1.807) is 0 Å². The van der Waals surface area contributed by atoms with Crippen LogP contribution in [0.2, 0.25) is 0 Å². The maximum Gasteiger partial charge on any atom is 0.0637 e. The zero-order valence-electron chi connectivity index (χ0n) is 12.4. The highest BCUT2D eigenvalue weighted by Gasteiger charge is 2.35. The molecule has 2 fully saturated rings. The van der Waals surface area contributed by atoms with E-state index in [4.69, 9.17) is 4.74 Å². The van der Waals surface area contributed by atoms with Crippen molar-refractivity contribution in [2.24, 2.45) is 5.41 Å². The molecular weight excluding hydrogens is 224 g/mol. The van der Waals surface area contributed by atoms with Gasteiger partial charge in [-0.3, -0.25) is 4.90 Å². The molecule has 2 saturated heterocycles. The van der Waals surface area contributed by atoms with Gasteiger partial charge < -0.3 is 10.1 Å². The molecule has 3 nitrogen and oxygen atoms in total. The maximum atomic E-state index is 5.71. The lowest BCUT2D eigenvalue weighted by atomic mass is 9.77. The second kappa shape index (κ2) is 6.36. The van der Waals surface area contributed by atoms with E-state index >= 15 is 0 Å². The average molecular weight is 254 g/mol. The van der Waals surface area contributed by atoms with Gasteiger partial charge in [-0.2, -0.15) is 0 Å². The number of likely N-dealkylation sites (N-methyl/N-ethyl adjacent to an activating group) is 1. The summed E-state index contributed by atoms with van der Waals surface area (Å²) in [6.07, 6.45) is 5.18. The molecule has 0 aromatic rings. The number of nitrogens with zero attached hydrogens (tertiary/aromatic N) is 1. The predicted molar refractivity (Wildman–Crippen MR) is 75.9 cm³/mol. The number of likely N-dealkylation sites (tertiary alicyclic amines) is 1. The topological polar surface area (TPSA) is 24.5 Å². The molecule has 106 valence electrons. The molecule has 0 aromatic carbocycles. The molecule has 0 aliphatic carbocycles. The minimum atomic E-state index is 0.583. The Bertz CT molecular complexity index is 247. The summed E-state index contributed by atoms with van der Waals surface area (Å²) in [7, 11) is 0. The third-order valence-electron chi connectivity index (χ3n) is 5.12. The van der Waals surface area contributed by atoms with E-state index in [1.165, 1.54) is 38.8 Å². The van der Waals surface area contributed by atoms with Gasteiger partial charge >= 0.3 is 0 Å². The van der Waals surface area contributed by atoms with Crippen LogP contribution in [0, 0.1) is 5.41 Å². The normalized spacial score (nSPS) is 33.5. The molecule has 3 heteroatoms. The van der Waals surface area contributed by atoms with Crippen LogP contribution in [0.15, 0.2) is 0 Å². The third-order valence-corrected chi connectivity index (χ3v) is 5.12. The summed E-state index contributed by atoms with van der Waals surface area (Å²) >= 11 is 0. The summed E-state index contributed by atoms with van der Waals surface area (Å²) in [4.78, 5) is 2.67. The molecule has 0 radical (unpaired) electrons. The van der Waals surface area contributed by atoms with Crippen molar-refractivity contribution in [3.05, 3.63) is 0 Å². The van der Waals surface area contributed by atoms with Crippen LogP contribution >= 0.6 is 0 Å². The minimum Gasteiger partial charge on any atom is -0.380 e. The van der Waals surface area contributed by atoms with E-state index in [1.807, 2.05) is 0 Å². The summed E-state index contributed by atoms with van der Waals surface area (Å²) in [5.41, 5.74) is 0.583. The standard InChI is InChI=1S/C15H30N2O/c1-4-15(3)7-9-17(10-8-15)14-12-18-11-6-13(14)16-5-2/h13-14,16H,4-12H2,1-3H3. The quantitative estimate of drug-likeness (QED) is 0.833. The van der Waals surface area contributed by atoms with E-state index in [-0.39, 0.29) is 0 Å². The predicted octanol–water partition coefficient (Wildman–Crippen LogP) is 2.27. The van der Waals surface area contributed by atoms with Gasteiger partial charge in [-0.1, -0.05) is 27.2 Å². The minimum absolute atomic E-state index is 0.583. The lowest BCUT2D eigenvalue weighted by molar-refractivity contribution is -0.0244. The fourth-order valence-corrected chi connectivity index (χ4v) is 3.33. The molecule has 2 aliphatic rings. The Hall–Kier alpha value is -0.120. The molecule has 2 rings (SSSR count). The summed E-state index contributed by atoms with van der Waals surface area (Å²) in [5, 5.41) is 3.64. The first kappa shape index (κ1) is 14.3. The van der Waals surface area contributed by atoms with E-state index in [9.17, 15) is 0 Å². The largest absolute Gasteiger partial charge is 0.380 e. The van der Waals surface area contributed by atoms with Gasteiger partial charge in [-0.15, -0.1) is 0 Å². The van der Waals surface area contributed by atoms with Crippen molar-refractivity contribution in [2.75, 3.05) is 32.8 Å². The lowest BCUT2D eigenvalue weighted by Gasteiger charge is -2.46. The Morgan fingerprint density at radius 2 is 2.00 bits per heavy atom. The second-order valence-corrected chi connectivity index (χ2v) is 6.30. The maximum absolute atomic E-state index is 5.71. The van der Waals surface area contributed by atoms with Crippen LogP contribution in [0.1, 0.15) is 46.5 Å². The molecule has 2 aliphatic heterocycles. The van der Waals surface area contributed by atoms with E-state index in [2.05, 4.69) is 31.0 Å². The Labute approximate surface area is 112 Å². The third kappa shape index (κ3) is 3.25. The SMILES string of the molecule is CCNC1CCOCC1N1CCC(C)(CC)CC1. The van der Waals surface area contributed by atoms with Gasteiger partial charge in [0.25, 0.3) is 0 Å². The van der Waals surface area contributed by atoms with E-state index in [0.29, 0.717) is 17.5 Å². The molecule has 1 N–H and O–H groups in total. The summed E-state index contributed by atoms with van der Waals surface area (Å²) in [6, 6.07) is 1.23. The van der Waals surface area contributed by atoms with Gasteiger partial charge in [0.1, 0.15) is 0 Å². The molecule has 0 aromatic heterocycles. The Morgan fingerprint density at radius 3 is 2.61 bits per heavy atom. The molecule has 0 spiro atoms. The monoisotopic (exact) mass is 254 g/mol. The molecular formula is C15H30N2O. The van der Waals surface area contributed by atoms with Crippen LogP contribution < -0.4 is 5.32 Å². The van der Waals surface area contributed by atoms with Crippen LogP contribution in [0.3, 0.4) is 0 Å². The Kier molecular flexibility index (Phi) is 5.05. The van der Waals surface area contributed by atoms with Gasteiger partial charge in [-0.05, 0) is 44.3 Å². The average Bonchev–Trinajstić information content (AvgIpc) is 2.41. The van der Waals surface area contributed by atoms with Gasteiger partial charge in [0, 0.05) is 18.7 Å². The van der Waals surface area contributed by atoms with Crippen LogP contribution in [0.5, 0.6) is 0 Å². The number of hydrogen-bond acceptors (Lipinski definition) is 3. The second-order valence-electron chi connectivity index (χ2n) is 6.30. The number of hydrogen-bond donors (Lipinski definition) is 1. The highest BCUT2D eigenvalue weighted by atomic mass is 16.5. The Balaban J connectivity index is 1.90. The van der Waals surface area contributed by atoms with Crippen LogP contribution in [-0.2, 0) is 4.74 Å². The van der Waals surface area contributed by atoms with Crippen LogP contribution in [-0.4, -0.2) is 49.8 Å². The zero-order valence-corrected chi connectivity index (χ0v) is 12.4. The fourth-order valence-electron chi connectivity index (χ4n) is 3.33. The molecule has 2 atom stereocenters. The molecule has 2 unspecified atom stereocenters. The first-order valence-corrected chi connectivity index (χ1v) is 7.73. The van der Waals surface area contributed by atoms with E-state index < -0.39 is 0 Å². The molecule has 0 bridgehead atoms. The number of piperidine rings is 1. The van der Waals surface area contributed by atoms with Crippen molar-refractivity contribution in [3.63, 3.8) is 0 Å². The number of ether oxygens (including phenoxy) is 1. The van der Waals surface area contributed by atoms with Crippen molar-refractivity contribution < 1.29 is 4.74 Å². The van der Waals surface area contributed by atoms with Gasteiger partial charge in [0.05, 0.1) is 6.61 Å².